The van der Waals surface area contributed by atoms with Crippen molar-refractivity contribution in [1.29, 1.82) is 5.26 Å². The highest BCUT2D eigenvalue weighted by molar-refractivity contribution is 6.07. The molecule has 4 unspecified atom stereocenters. The summed E-state index contributed by atoms with van der Waals surface area (Å²) in [6, 6.07) is 9.84. The van der Waals surface area contributed by atoms with E-state index in [1.54, 1.807) is 6.21 Å². The molecule has 1 aromatic heterocycles. The van der Waals surface area contributed by atoms with Crippen LogP contribution in [-0.2, 0) is 16.1 Å². The summed E-state index contributed by atoms with van der Waals surface area (Å²) in [5.41, 5.74) is 1.71. The van der Waals surface area contributed by atoms with E-state index in [2.05, 4.69) is 23.3 Å². The molecule has 6 heteroatoms. The van der Waals surface area contributed by atoms with Gasteiger partial charge >= 0.3 is 0 Å². The van der Waals surface area contributed by atoms with Gasteiger partial charge in [-0.2, -0.15) is 15.4 Å². The number of nitrogens with zero attached hydrogens (tertiary/aromatic N) is 4. The average Bonchev–Trinajstić information content (AvgIpc) is 3.39. The maximum absolute atomic E-state index is 12.7. The Bertz CT molecular complexity index is 1010. The van der Waals surface area contributed by atoms with Crippen molar-refractivity contribution in [3.8, 4) is 6.07 Å². The number of fused-ring (bicyclic) bond motifs is 6. The third-order valence-corrected chi connectivity index (χ3v) is 5.82. The Kier molecular flexibility index (Phi) is 3.13. The van der Waals surface area contributed by atoms with Gasteiger partial charge in [0.15, 0.2) is 0 Å². The lowest BCUT2D eigenvalue weighted by Gasteiger charge is -2.13. The Morgan fingerprint density at radius 2 is 1.85 bits per heavy atom. The standard InChI is InChI=1S/C20H16N4O2/c21-7-8-23-11-14(15-3-1-2-4-16(15)23)10-22-24-19(25)17-12-5-6-13(9-12)18(17)20(24)26/h1-6,10-13,17-18H,8-9H2. The lowest BCUT2D eigenvalue weighted by Crippen LogP contribution is -2.28. The monoisotopic (exact) mass is 344 g/mol. The summed E-state index contributed by atoms with van der Waals surface area (Å²) in [5.74, 6) is -0.495. The zero-order valence-corrected chi connectivity index (χ0v) is 13.9. The highest BCUT2D eigenvalue weighted by Crippen LogP contribution is 2.52. The molecular formula is C20H16N4O2. The molecular weight excluding hydrogens is 328 g/mol. The van der Waals surface area contributed by atoms with Gasteiger partial charge in [0.2, 0.25) is 0 Å². The first kappa shape index (κ1) is 15.1. The zero-order valence-electron chi connectivity index (χ0n) is 13.9. The highest BCUT2D eigenvalue weighted by Gasteiger charge is 2.59. The second-order valence-electron chi connectivity index (χ2n) is 7.12. The first-order valence-corrected chi connectivity index (χ1v) is 8.74. The first-order valence-electron chi connectivity index (χ1n) is 8.74. The molecule has 26 heavy (non-hydrogen) atoms. The Morgan fingerprint density at radius 3 is 2.54 bits per heavy atom. The minimum Gasteiger partial charge on any atom is -0.333 e. The van der Waals surface area contributed by atoms with E-state index in [1.165, 1.54) is 0 Å². The number of rotatable bonds is 3. The number of imide groups is 1. The maximum atomic E-state index is 12.7. The lowest BCUT2D eigenvalue weighted by atomic mass is 9.85. The molecule has 5 rings (SSSR count). The normalized spacial score (nSPS) is 29.3. The topological polar surface area (TPSA) is 78.5 Å². The fourth-order valence-corrected chi connectivity index (χ4v) is 4.71. The van der Waals surface area contributed by atoms with E-state index in [4.69, 9.17) is 5.26 Å². The molecule has 128 valence electrons. The van der Waals surface area contributed by atoms with E-state index in [0.29, 0.717) is 0 Å². The Hall–Kier alpha value is -3.20. The molecule has 6 nitrogen and oxygen atoms in total. The number of carbonyl (C=O) groups excluding carboxylic acids is 2. The molecule has 2 bridgehead atoms. The SMILES string of the molecule is N#CCn1cc(C=NN2C(=O)C3C4C=CC(C4)C3C2=O)c2ccccc21. The Balaban J connectivity index is 1.48. The van der Waals surface area contributed by atoms with Gasteiger partial charge in [-0.05, 0) is 24.3 Å². The van der Waals surface area contributed by atoms with Crippen LogP contribution in [0.2, 0.25) is 0 Å². The van der Waals surface area contributed by atoms with Crippen LogP contribution in [0.5, 0.6) is 0 Å². The van der Waals surface area contributed by atoms with Crippen molar-refractivity contribution in [1.82, 2.24) is 9.58 Å². The van der Waals surface area contributed by atoms with Crippen LogP contribution in [0.3, 0.4) is 0 Å². The van der Waals surface area contributed by atoms with Crippen molar-refractivity contribution in [2.45, 2.75) is 13.0 Å². The molecule has 1 aliphatic heterocycles. The van der Waals surface area contributed by atoms with E-state index in [-0.39, 0.29) is 42.0 Å². The Labute approximate surface area is 150 Å². The van der Waals surface area contributed by atoms with Crippen LogP contribution < -0.4 is 0 Å². The molecule has 3 aliphatic rings. The minimum absolute atomic E-state index is 0.180. The minimum atomic E-state index is -0.241. The van der Waals surface area contributed by atoms with Crippen molar-refractivity contribution >= 4 is 28.9 Å². The van der Waals surface area contributed by atoms with E-state index in [9.17, 15) is 9.59 Å². The zero-order chi connectivity index (χ0) is 17.8. The number of nitriles is 1. The van der Waals surface area contributed by atoms with Gasteiger partial charge in [0, 0.05) is 22.7 Å². The molecule has 2 aromatic rings. The quantitative estimate of drug-likeness (QED) is 0.487. The number of carbonyl (C=O) groups is 2. The molecule has 1 saturated heterocycles. The number of hydrogen-bond donors (Lipinski definition) is 0. The van der Waals surface area contributed by atoms with E-state index in [1.807, 2.05) is 35.0 Å². The van der Waals surface area contributed by atoms with Crippen molar-refractivity contribution in [2.24, 2.45) is 28.8 Å². The van der Waals surface area contributed by atoms with Gasteiger partial charge in [-0.3, -0.25) is 9.59 Å². The van der Waals surface area contributed by atoms with Gasteiger partial charge in [-0.15, -0.1) is 0 Å². The van der Waals surface area contributed by atoms with Gasteiger partial charge < -0.3 is 4.57 Å². The summed E-state index contributed by atoms with van der Waals surface area (Å²) in [4.78, 5) is 25.4. The van der Waals surface area contributed by atoms with Crippen LogP contribution in [0.15, 0.2) is 47.7 Å². The number of para-hydroxylation sites is 1. The van der Waals surface area contributed by atoms with Gasteiger partial charge in [0.05, 0.1) is 24.1 Å². The molecule has 1 saturated carbocycles. The van der Waals surface area contributed by atoms with E-state index in [0.717, 1.165) is 27.9 Å². The predicted molar refractivity (Wildman–Crippen MR) is 94.7 cm³/mol. The second kappa shape index (κ2) is 5.40. The summed E-state index contributed by atoms with van der Waals surface area (Å²) in [5, 5.41) is 15.2. The first-order chi connectivity index (χ1) is 12.7. The van der Waals surface area contributed by atoms with Gasteiger partial charge in [-0.1, -0.05) is 30.4 Å². The highest BCUT2D eigenvalue weighted by atomic mass is 16.2. The van der Waals surface area contributed by atoms with Gasteiger partial charge in [0.1, 0.15) is 6.54 Å². The summed E-state index contributed by atoms with van der Waals surface area (Å²) in [6.45, 7) is 0.231. The Morgan fingerprint density at radius 1 is 1.15 bits per heavy atom. The van der Waals surface area contributed by atoms with Crippen LogP contribution in [0, 0.1) is 35.0 Å². The van der Waals surface area contributed by atoms with Crippen molar-refractivity contribution in [2.75, 3.05) is 0 Å². The summed E-state index contributed by atoms with van der Waals surface area (Å²) < 4.78 is 1.84. The number of aromatic nitrogens is 1. The fourth-order valence-electron chi connectivity index (χ4n) is 4.71. The molecule has 0 N–H and O–H groups in total. The van der Waals surface area contributed by atoms with Gasteiger partial charge in [-0.25, -0.2) is 0 Å². The van der Waals surface area contributed by atoms with Crippen LogP contribution >= 0.6 is 0 Å². The van der Waals surface area contributed by atoms with Crippen molar-refractivity contribution < 1.29 is 9.59 Å². The third-order valence-electron chi connectivity index (χ3n) is 5.82. The third kappa shape index (κ3) is 1.94. The molecule has 1 aromatic carbocycles. The van der Waals surface area contributed by atoms with Crippen LogP contribution in [0.1, 0.15) is 12.0 Å². The van der Waals surface area contributed by atoms with Crippen LogP contribution in [-0.4, -0.2) is 27.6 Å². The molecule has 0 radical (unpaired) electrons. The molecule has 2 amide bonds. The molecule has 2 aliphatic carbocycles. The van der Waals surface area contributed by atoms with Crippen molar-refractivity contribution in [3.05, 3.63) is 48.2 Å². The second-order valence-corrected chi connectivity index (χ2v) is 7.12. The molecule has 0 spiro atoms. The largest absolute Gasteiger partial charge is 0.333 e. The van der Waals surface area contributed by atoms with Crippen LogP contribution in [0.4, 0.5) is 0 Å². The average molecular weight is 344 g/mol. The predicted octanol–water partition coefficient (Wildman–Crippen LogP) is 2.31. The number of allylic oxidation sites excluding steroid dienone is 2. The smallest absolute Gasteiger partial charge is 0.254 e. The number of hydrazone groups is 1. The van der Waals surface area contributed by atoms with E-state index < -0.39 is 0 Å². The van der Waals surface area contributed by atoms with Crippen molar-refractivity contribution in [3.63, 3.8) is 0 Å². The number of hydrogen-bond acceptors (Lipinski definition) is 4. The summed E-state index contributed by atoms with van der Waals surface area (Å²) >= 11 is 0. The number of benzene rings is 1. The summed E-state index contributed by atoms with van der Waals surface area (Å²) in [7, 11) is 0. The number of amides is 2. The maximum Gasteiger partial charge on any atom is 0.254 e. The molecule has 4 atom stereocenters. The fraction of sp³-hybridized carbons (Fsp3) is 0.300. The van der Waals surface area contributed by atoms with Crippen LogP contribution in [0.25, 0.3) is 10.9 Å². The molecule has 2 heterocycles. The molecule has 2 fully saturated rings. The van der Waals surface area contributed by atoms with E-state index >= 15 is 0 Å². The summed E-state index contributed by atoms with van der Waals surface area (Å²) in [6.07, 6.45) is 8.43. The lowest BCUT2D eigenvalue weighted by molar-refractivity contribution is -0.140. The van der Waals surface area contributed by atoms with Gasteiger partial charge in [0.25, 0.3) is 11.8 Å².